The van der Waals surface area contributed by atoms with Gasteiger partial charge in [-0.1, -0.05) is 27.2 Å². The molecule has 1 fully saturated rings. The first-order valence-corrected chi connectivity index (χ1v) is 7.07. The fraction of sp³-hybridized carbons (Fsp3) is 0.909. The summed E-state index contributed by atoms with van der Waals surface area (Å²) in [5, 5.41) is 9.74. The summed E-state index contributed by atoms with van der Waals surface area (Å²) in [6.07, 6.45) is 2.67. The molecule has 86 valence electrons. The van der Waals surface area contributed by atoms with E-state index >= 15 is 0 Å². The second kappa shape index (κ2) is 4.52. The van der Waals surface area contributed by atoms with Crippen molar-refractivity contribution in [2.24, 2.45) is 17.8 Å². The van der Waals surface area contributed by atoms with Crippen molar-refractivity contribution in [3.05, 3.63) is 0 Å². The van der Waals surface area contributed by atoms with Gasteiger partial charge in [-0.15, -0.1) is 0 Å². The van der Waals surface area contributed by atoms with E-state index in [0.29, 0.717) is 18.3 Å². The van der Waals surface area contributed by atoms with Gasteiger partial charge in [0.2, 0.25) is 9.84 Å². The van der Waals surface area contributed by atoms with Gasteiger partial charge in [-0.2, -0.15) is 5.26 Å². The smallest absolute Gasteiger partial charge is 0.213 e. The van der Waals surface area contributed by atoms with Gasteiger partial charge in [0.15, 0.2) is 5.40 Å². The topological polar surface area (TPSA) is 57.9 Å². The molecular formula is C11H19NO2S. The highest BCUT2D eigenvalue weighted by atomic mass is 32.2. The van der Waals surface area contributed by atoms with Gasteiger partial charge in [0.05, 0.1) is 5.25 Å². The second-order valence-electron chi connectivity index (χ2n) is 5.00. The fourth-order valence-electron chi connectivity index (χ4n) is 2.54. The molecule has 1 aliphatic carbocycles. The molecule has 0 spiro atoms. The SMILES string of the molecule is CC(C)[C@@H]1CC[C@@H](C)C[C@H]1S(=O)(=O)C#N. The highest BCUT2D eigenvalue weighted by Gasteiger charge is 2.39. The number of rotatable bonds is 2. The molecule has 0 aromatic heterocycles. The summed E-state index contributed by atoms with van der Waals surface area (Å²) < 4.78 is 23.3. The monoisotopic (exact) mass is 229 g/mol. The fourth-order valence-corrected chi connectivity index (χ4v) is 4.17. The third-order valence-electron chi connectivity index (χ3n) is 3.49. The molecule has 0 aliphatic heterocycles. The zero-order valence-corrected chi connectivity index (χ0v) is 10.4. The van der Waals surface area contributed by atoms with Crippen LogP contribution in [0, 0.1) is 28.4 Å². The number of nitriles is 1. The Hall–Kier alpha value is -0.560. The number of nitrogens with zero attached hydrogens (tertiary/aromatic N) is 1. The van der Waals surface area contributed by atoms with Gasteiger partial charge in [0, 0.05) is 0 Å². The van der Waals surface area contributed by atoms with E-state index in [-0.39, 0.29) is 5.92 Å². The maximum absolute atomic E-state index is 11.7. The minimum atomic E-state index is -3.54. The van der Waals surface area contributed by atoms with Gasteiger partial charge >= 0.3 is 0 Å². The van der Waals surface area contributed by atoms with Crippen molar-refractivity contribution in [2.75, 3.05) is 0 Å². The van der Waals surface area contributed by atoms with Crippen molar-refractivity contribution >= 4 is 9.84 Å². The summed E-state index contributed by atoms with van der Waals surface area (Å²) >= 11 is 0. The Balaban J connectivity index is 2.95. The molecule has 1 saturated carbocycles. The van der Waals surface area contributed by atoms with E-state index in [1.54, 1.807) is 0 Å². The molecule has 0 unspecified atom stereocenters. The van der Waals surface area contributed by atoms with E-state index in [1.807, 2.05) is 13.8 Å². The van der Waals surface area contributed by atoms with Crippen LogP contribution in [-0.2, 0) is 9.84 Å². The molecule has 0 aromatic carbocycles. The Kier molecular flexibility index (Phi) is 3.77. The third kappa shape index (κ3) is 2.72. The molecule has 3 atom stereocenters. The maximum atomic E-state index is 11.7. The average Bonchev–Trinajstić information content (AvgIpc) is 2.17. The normalized spacial score (nSPS) is 32.6. The maximum Gasteiger partial charge on any atom is 0.244 e. The quantitative estimate of drug-likeness (QED) is 0.539. The first-order valence-electron chi connectivity index (χ1n) is 5.53. The van der Waals surface area contributed by atoms with E-state index in [0.717, 1.165) is 12.8 Å². The molecule has 1 aliphatic rings. The Labute approximate surface area is 92.4 Å². The van der Waals surface area contributed by atoms with E-state index in [9.17, 15) is 8.42 Å². The zero-order valence-electron chi connectivity index (χ0n) is 9.60. The van der Waals surface area contributed by atoms with Gasteiger partial charge < -0.3 is 0 Å². The predicted molar refractivity (Wildman–Crippen MR) is 59.7 cm³/mol. The molecule has 1 rings (SSSR count). The van der Waals surface area contributed by atoms with Crippen LogP contribution >= 0.6 is 0 Å². The summed E-state index contributed by atoms with van der Waals surface area (Å²) in [5.74, 6) is 0.921. The Bertz CT molecular complexity index is 353. The van der Waals surface area contributed by atoms with Crippen molar-refractivity contribution in [3.63, 3.8) is 0 Å². The number of thiocyanates is 1. The Morgan fingerprint density at radius 3 is 2.40 bits per heavy atom. The largest absolute Gasteiger partial charge is 0.244 e. The molecule has 0 saturated heterocycles. The first-order chi connectivity index (χ1) is 6.88. The third-order valence-corrected chi connectivity index (χ3v) is 5.08. The summed E-state index contributed by atoms with van der Waals surface area (Å²) in [6.45, 7) is 6.15. The minimum Gasteiger partial charge on any atom is -0.213 e. The van der Waals surface area contributed by atoms with Gasteiger partial charge in [-0.25, -0.2) is 8.42 Å². The molecular weight excluding hydrogens is 210 g/mol. The number of sulfone groups is 1. The molecule has 0 radical (unpaired) electrons. The highest BCUT2D eigenvalue weighted by Crippen LogP contribution is 2.37. The van der Waals surface area contributed by atoms with Gasteiger partial charge in [0.25, 0.3) is 0 Å². The predicted octanol–water partition coefficient (Wildman–Crippen LogP) is 2.34. The Morgan fingerprint density at radius 2 is 1.93 bits per heavy atom. The van der Waals surface area contributed by atoms with E-state index in [1.165, 1.54) is 5.40 Å². The van der Waals surface area contributed by atoms with Crippen LogP contribution in [0.2, 0.25) is 0 Å². The summed E-state index contributed by atoms with van der Waals surface area (Å²) in [7, 11) is -3.54. The average molecular weight is 229 g/mol. The van der Waals surface area contributed by atoms with Crippen molar-refractivity contribution < 1.29 is 8.42 Å². The van der Waals surface area contributed by atoms with E-state index in [2.05, 4.69) is 6.92 Å². The Morgan fingerprint density at radius 1 is 1.33 bits per heavy atom. The van der Waals surface area contributed by atoms with E-state index < -0.39 is 15.1 Å². The summed E-state index contributed by atoms with van der Waals surface area (Å²) in [6, 6.07) is 0. The lowest BCUT2D eigenvalue weighted by Crippen LogP contribution is -2.37. The zero-order chi connectivity index (χ0) is 11.6. The molecule has 0 amide bonds. The second-order valence-corrected chi connectivity index (χ2v) is 6.88. The molecule has 4 heteroatoms. The van der Waals surface area contributed by atoms with Crippen molar-refractivity contribution in [2.45, 2.75) is 45.3 Å². The lowest BCUT2D eigenvalue weighted by atomic mass is 9.77. The standard InChI is InChI=1S/C11H19NO2S/c1-8(2)10-5-4-9(3)6-11(10)15(13,14)7-12/h8-11H,4-6H2,1-3H3/t9-,10+,11-/m1/s1. The molecule has 15 heavy (non-hydrogen) atoms. The van der Waals surface area contributed by atoms with Crippen LogP contribution in [0.25, 0.3) is 0 Å². The minimum absolute atomic E-state index is 0.158. The van der Waals surface area contributed by atoms with Crippen LogP contribution in [0.1, 0.15) is 40.0 Å². The van der Waals surface area contributed by atoms with Crippen molar-refractivity contribution in [3.8, 4) is 5.40 Å². The van der Waals surface area contributed by atoms with Crippen LogP contribution in [0.15, 0.2) is 0 Å². The van der Waals surface area contributed by atoms with E-state index in [4.69, 9.17) is 5.26 Å². The lowest BCUT2D eigenvalue weighted by molar-refractivity contribution is 0.238. The highest BCUT2D eigenvalue weighted by molar-refractivity contribution is 7.96. The van der Waals surface area contributed by atoms with Crippen molar-refractivity contribution in [1.29, 1.82) is 5.26 Å². The van der Waals surface area contributed by atoms with Gasteiger partial charge in [-0.05, 0) is 30.6 Å². The van der Waals surface area contributed by atoms with Gasteiger partial charge in [0.1, 0.15) is 0 Å². The van der Waals surface area contributed by atoms with Crippen LogP contribution < -0.4 is 0 Å². The van der Waals surface area contributed by atoms with Crippen LogP contribution in [0.4, 0.5) is 0 Å². The summed E-state index contributed by atoms with van der Waals surface area (Å²) in [5.41, 5.74) is 0. The number of hydrogen-bond acceptors (Lipinski definition) is 3. The molecule has 0 bridgehead atoms. The van der Waals surface area contributed by atoms with Crippen LogP contribution in [-0.4, -0.2) is 13.7 Å². The lowest BCUT2D eigenvalue weighted by Gasteiger charge is -2.35. The molecule has 0 N–H and O–H groups in total. The molecule has 0 heterocycles. The molecule has 3 nitrogen and oxygen atoms in total. The van der Waals surface area contributed by atoms with Crippen LogP contribution in [0.5, 0.6) is 0 Å². The van der Waals surface area contributed by atoms with Gasteiger partial charge in [-0.3, -0.25) is 0 Å². The summed E-state index contributed by atoms with van der Waals surface area (Å²) in [4.78, 5) is 0. The first kappa shape index (κ1) is 12.5. The van der Waals surface area contributed by atoms with Crippen molar-refractivity contribution in [1.82, 2.24) is 0 Å². The van der Waals surface area contributed by atoms with Crippen LogP contribution in [0.3, 0.4) is 0 Å². The molecule has 0 aromatic rings. The number of hydrogen-bond donors (Lipinski definition) is 0.